The van der Waals surface area contributed by atoms with Gasteiger partial charge in [-0.25, -0.2) is 0 Å². The van der Waals surface area contributed by atoms with Crippen LogP contribution in [0.4, 0.5) is 0 Å². The van der Waals surface area contributed by atoms with E-state index in [2.05, 4.69) is 0 Å². The van der Waals surface area contributed by atoms with Crippen LogP contribution in [-0.4, -0.2) is 22.9 Å². The van der Waals surface area contributed by atoms with Gasteiger partial charge in [-0.2, -0.15) is 0 Å². The highest BCUT2D eigenvalue weighted by atomic mass is 16.5. The third kappa shape index (κ3) is 3.83. The Kier molecular flexibility index (Phi) is 5.29. The highest BCUT2D eigenvalue weighted by Gasteiger charge is 2.05. The average Bonchev–Trinajstić information content (AvgIpc) is 2.35. The minimum absolute atomic E-state index is 0.312. The molecule has 0 radical (unpaired) electrons. The summed E-state index contributed by atoms with van der Waals surface area (Å²) in [5.74, 6) is 0.722. The van der Waals surface area contributed by atoms with Crippen LogP contribution in [-0.2, 0) is 0 Å². The maximum absolute atomic E-state index is 9.60. The smallest absolute Gasteiger partial charge is 0.119 e. The maximum atomic E-state index is 9.60. The summed E-state index contributed by atoms with van der Waals surface area (Å²) in [5, 5.41) is 18.9. The van der Waals surface area contributed by atoms with Crippen molar-refractivity contribution in [3.63, 3.8) is 0 Å². The summed E-state index contributed by atoms with van der Waals surface area (Å²) in [6.07, 6.45) is 0.567. The molecule has 0 saturated heterocycles. The van der Waals surface area contributed by atoms with Gasteiger partial charge in [-0.15, -0.1) is 0 Å². The first-order chi connectivity index (χ1) is 7.67. The monoisotopic (exact) mass is 224 g/mol. The molecule has 1 unspecified atom stereocenters. The quantitative estimate of drug-likeness (QED) is 0.779. The first kappa shape index (κ1) is 13.0. The second kappa shape index (κ2) is 6.51. The van der Waals surface area contributed by atoms with E-state index in [1.165, 1.54) is 0 Å². The Balaban J connectivity index is 2.51. The Bertz CT molecular complexity index is 295. The van der Waals surface area contributed by atoms with Crippen molar-refractivity contribution in [3.8, 4) is 5.75 Å². The molecule has 0 aliphatic carbocycles. The fourth-order valence-electron chi connectivity index (χ4n) is 1.33. The van der Waals surface area contributed by atoms with E-state index in [-0.39, 0.29) is 0 Å². The van der Waals surface area contributed by atoms with Crippen molar-refractivity contribution in [3.05, 3.63) is 29.8 Å². The van der Waals surface area contributed by atoms with Crippen molar-refractivity contribution in [1.82, 2.24) is 0 Å². The molecule has 0 heterocycles. The Morgan fingerprint density at radius 2 is 1.69 bits per heavy atom. The lowest BCUT2D eigenvalue weighted by atomic mass is 10.1. The molecule has 0 amide bonds. The van der Waals surface area contributed by atoms with Crippen molar-refractivity contribution in [1.29, 1.82) is 0 Å². The molecule has 0 fully saturated rings. The lowest BCUT2D eigenvalue weighted by Crippen LogP contribution is -2.15. The zero-order valence-corrected chi connectivity index (χ0v) is 9.89. The molecule has 3 heteroatoms. The molecule has 2 atom stereocenters. The van der Waals surface area contributed by atoms with Gasteiger partial charge in [-0.05, 0) is 30.5 Å². The molecule has 90 valence electrons. The third-order valence-electron chi connectivity index (χ3n) is 2.57. The van der Waals surface area contributed by atoms with Crippen LogP contribution in [0.2, 0.25) is 0 Å². The van der Waals surface area contributed by atoms with Crippen LogP contribution in [0.1, 0.15) is 38.4 Å². The van der Waals surface area contributed by atoms with E-state index >= 15 is 0 Å². The molecule has 0 aliphatic rings. The molecule has 2 N–H and O–H groups in total. The molecule has 0 aromatic heterocycles. The average molecular weight is 224 g/mol. The van der Waals surface area contributed by atoms with Crippen LogP contribution in [0.3, 0.4) is 0 Å². The Morgan fingerprint density at radius 3 is 2.19 bits per heavy atom. The standard InChI is InChI=1S/C13H20O3/c1-3-11(14)9-16-12-7-5-10(6-8-12)13(15)4-2/h5-8,11,13-15H,3-4,9H2,1-2H3/t11?,13-/m0/s1. The first-order valence-corrected chi connectivity index (χ1v) is 5.76. The molecule has 1 aromatic rings. The minimum atomic E-state index is -0.416. The van der Waals surface area contributed by atoms with Crippen molar-refractivity contribution >= 4 is 0 Å². The summed E-state index contributed by atoms with van der Waals surface area (Å²) in [6.45, 7) is 4.16. The summed E-state index contributed by atoms with van der Waals surface area (Å²) >= 11 is 0. The van der Waals surface area contributed by atoms with Crippen LogP contribution in [0.5, 0.6) is 5.75 Å². The van der Waals surface area contributed by atoms with E-state index in [0.717, 1.165) is 11.3 Å². The van der Waals surface area contributed by atoms with Gasteiger partial charge in [0.2, 0.25) is 0 Å². The molecule has 3 nitrogen and oxygen atoms in total. The van der Waals surface area contributed by atoms with E-state index in [1.54, 1.807) is 0 Å². The third-order valence-corrected chi connectivity index (χ3v) is 2.57. The van der Waals surface area contributed by atoms with E-state index in [0.29, 0.717) is 19.4 Å². The van der Waals surface area contributed by atoms with Crippen molar-refractivity contribution < 1.29 is 14.9 Å². The number of aliphatic hydroxyl groups excluding tert-OH is 2. The van der Waals surface area contributed by atoms with Gasteiger partial charge in [0.15, 0.2) is 0 Å². The normalized spacial score (nSPS) is 14.5. The van der Waals surface area contributed by atoms with Gasteiger partial charge < -0.3 is 14.9 Å². The maximum Gasteiger partial charge on any atom is 0.119 e. The van der Waals surface area contributed by atoms with Gasteiger partial charge in [0.1, 0.15) is 12.4 Å². The Hall–Kier alpha value is -1.06. The highest BCUT2D eigenvalue weighted by molar-refractivity contribution is 5.28. The molecule has 0 spiro atoms. The molecule has 16 heavy (non-hydrogen) atoms. The van der Waals surface area contributed by atoms with Crippen molar-refractivity contribution in [2.24, 2.45) is 0 Å². The zero-order chi connectivity index (χ0) is 12.0. The van der Waals surface area contributed by atoms with E-state index in [1.807, 2.05) is 38.1 Å². The molecule has 1 aromatic carbocycles. The van der Waals surface area contributed by atoms with Crippen LogP contribution in [0, 0.1) is 0 Å². The molecular weight excluding hydrogens is 204 g/mol. The summed E-state index contributed by atoms with van der Waals surface area (Å²) in [4.78, 5) is 0. The van der Waals surface area contributed by atoms with Crippen LogP contribution >= 0.6 is 0 Å². The predicted octanol–water partition coefficient (Wildman–Crippen LogP) is 2.28. The number of hydrogen-bond donors (Lipinski definition) is 2. The lowest BCUT2D eigenvalue weighted by molar-refractivity contribution is 0.104. The van der Waals surface area contributed by atoms with Crippen LogP contribution < -0.4 is 4.74 Å². The fourth-order valence-corrected chi connectivity index (χ4v) is 1.33. The van der Waals surface area contributed by atoms with Crippen molar-refractivity contribution in [2.45, 2.75) is 38.9 Å². The van der Waals surface area contributed by atoms with Gasteiger partial charge in [-0.3, -0.25) is 0 Å². The SMILES string of the molecule is CCC(O)COc1ccc([C@@H](O)CC)cc1. The van der Waals surface area contributed by atoms with Gasteiger partial charge in [0.05, 0.1) is 12.2 Å². The van der Waals surface area contributed by atoms with Gasteiger partial charge >= 0.3 is 0 Å². The van der Waals surface area contributed by atoms with Gasteiger partial charge in [-0.1, -0.05) is 26.0 Å². The van der Waals surface area contributed by atoms with Crippen LogP contribution in [0.15, 0.2) is 24.3 Å². The Morgan fingerprint density at radius 1 is 1.06 bits per heavy atom. The predicted molar refractivity (Wildman–Crippen MR) is 63.5 cm³/mol. The summed E-state index contributed by atoms with van der Waals surface area (Å²) in [6, 6.07) is 7.33. The van der Waals surface area contributed by atoms with Gasteiger partial charge in [0, 0.05) is 0 Å². The number of hydrogen-bond acceptors (Lipinski definition) is 3. The molecule has 0 aliphatic heterocycles. The summed E-state index contributed by atoms with van der Waals surface area (Å²) < 4.78 is 5.40. The summed E-state index contributed by atoms with van der Waals surface area (Å²) in [5.41, 5.74) is 0.894. The first-order valence-electron chi connectivity index (χ1n) is 5.76. The minimum Gasteiger partial charge on any atom is -0.491 e. The molecule has 0 bridgehead atoms. The Labute approximate surface area is 96.7 Å². The molecular formula is C13H20O3. The van der Waals surface area contributed by atoms with Gasteiger partial charge in [0.25, 0.3) is 0 Å². The number of ether oxygens (including phenoxy) is 1. The van der Waals surface area contributed by atoms with Crippen molar-refractivity contribution in [2.75, 3.05) is 6.61 Å². The second-order valence-electron chi connectivity index (χ2n) is 3.87. The topological polar surface area (TPSA) is 49.7 Å². The fraction of sp³-hybridized carbons (Fsp3) is 0.538. The molecule has 0 saturated carbocycles. The largest absolute Gasteiger partial charge is 0.491 e. The zero-order valence-electron chi connectivity index (χ0n) is 9.89. The lowest BCUT2D eigenvalue weighted by Gasteiger charge is -2.12. The van der Waals surface area contributed by atoms with E-state index in [4.69, 9.17) is 4.74 Å². The number of aliphatic hydroxyl groups is 2. The van der Waals surface area contributed by atoms with Crippen LogP contribution in [0.25, 0.3) is 0 Å². The number of rotatable bonds is 6. The van der Waals surface area contributed by atoms with E-state index in [9.17, 15) is 10.2 Å². The molecule has 1 rings (SSSR count). The highest BCUT2D eigenvalue weighted by Crippen LogP contribution is 2.19. The van der Waals surface area contributed by atoms with E-state index < -0.39 is 12.2 Å². The summed E-state index contributed by atoms with van der Waals surface area (Å²) in [7, 11) is 0. The number of benzene rings is 1. The second-order valence-corrected chi connectivity index (χ2v) is 3.87.